The van der Waals surface area contributed by atoms with E-state index in [-0.39, 0.29) is 5.54 Å². The first-order valence-corrected chi connectivity index (χ1v) is 15.7. The van der Waals surface area contributed by atoms with E-state index < -0.39 is 44.7 Å². The molecule has 0 aliphatic heterocycles. The summed E-state index contributed by atoms with van der Waals surface area (Å²) in [5.41, 5.74) is -0.212. The summed E-state index contributed by atoms with van der Waals surface area (Å²) in [7, 11) is -5.70. The molecule has 0 amide bonds. The zero-order valence-electron chi connectivity index (χ0n) is 13.9. The maximum absolute atomic E-state index is 10.2. The zero-order valence-corrected chi connectivity index (χ0v) is 17.0. The fourth-order valence-corrected chi connectivity index (χ4v) is 10.4. The first-order valence-electron chi connectivity index (χ1n) is 7.24. The van der Waals surface area contributed by atoms with Crippen molar-refractivity contribution in [2.45, 2.75) is 70.4 Å². The number of aliphatic hydroxyl groups is 3. The van der Waals surface area contributed by atoms with Gasteiger partial charge in [0.2, 0.25) is 0 Å². The van der Waals surface area contributed by atoms with Crippen molar-refractivity contribution in [3.63, 3.8) is 0 Å². The molecule has 0 aromatic carbocycles. The average molecular weight is 341 g/mol. The molecule has 0 heterocycles. The van der Waals surface area contributed by atoms with Crippen LogP contribution in [0.4, 0.5) is 0 Å². The molecule has 3 N–H and O–H groups in total. The van der Waals surface area contributed by atoms with E-state index in [0.717, 1.165) is 0 Å². The van der Waals surface area contributed by atoms with Crippen LogP contribution in [0.5, 0.6) is 0 Å². The molecule has 3 atom stereocenters. The van der Waals surface area contributed by atoms with Gasteiger partial charge in [-0.2, -0.15) is 0 Å². The van der Waals surface area contributed by atoms with E-state index in [4.69, 9.17) is 13.3 Å². The fraction of sp³-hybridized carbons (Fsp3) is 1.00. The van der Waals surface area contributed by atoms with Crippen LogP contribution < -0.4 is 0 Å². The minimum Gasteiger partial charge on any atom is -0.439 e. The molecule has 3 unspecified atom stereocenters. The molecule has 0 saturated carbocycles. The third-order valence-electron chi connectivity index (χ3n) is 2.78. The summed E-state index contributed by atoms with van der Waals surface area (Å²) in [6.45, 7) is 14.1. The van der Waals surface area contributed by atoms with E-state index in [9.17, 15) is 10.2 Å². The van der Waals surface area contributed by atoms with Gasteiger partial charge in [0, 0.05) is 5.54 Å². The average Bonchev–Trinajstić information content (AvgIpc) is 2.24. The molecular weight excluding hydrogens is 308 g/mol. The quantitative estimate of drug-likeness (QED) is 0.553. The minimum absolute atomic E-state index is 0.212. The Morgan fingerprint density at radius 1 is 0.950 bits per heavy atom. The van der Waals surface area contributed by atoms with Crippen molar-refractivity contribution in [3.05, 3.63) is 0 Å². The summed E-state index contributed by atoms with van der Waals surface area (Å²) in [5, 5.41) is 29.0. The zero-order chi connectivity index (χ0) is 16.1. The van der Waals surface area contributed by atoms with Gasteiger partial charge in [0.15, 0.2) is 16.6 Å². The van der Waals surface area contributed by atoms with Gasteiger partial charge < -0.3 is 23.5 Å². The van der Waals surface area contributed by atoms with Crippen LogP contribution in [0.15, 0.2) is 0 Å². The van der Waals surface area contributed by atoms with Crippen LogP contribution in [-0.4, -0.2) is 60.1 Å². The maximum Gasteiger partial charge on any atom is 0.306 e. The predicted octanol–water partition coefficient (Wildman–Crippen LogP) is 1.40. The fourth-order valence-electron chi connectivity index (χ4n) is 1.88. The second kappa shape index (κ2) is 8.18. The molecule has 0 fully saturated rings. The third kappa shape index (κ3) is 8.03. The van der Waals surface area contributed by atoms with Crippen LogP contribution in [0, 0.1) is 0 Å². The van der Waals surface area contributed by atoms with E-state index in [1.54, 1.807) is 0 Å². The summed E-state index contributed by atoms with van der Waals surface area (Å²) in [5.74, 6) is 0. The van der Waals surface area contributed by atoms with E-state index in [1.165, 1.54) is 0 Å². The van der Waals surface area contributed by atoms with E-state index in [2.05, 4.69) is 39.3 Å². The van der Waals surface area contributed by atoms with Crippen molar-refractivity contribution in [2.24, 2.45) is 0 Å². The van der Waals surface area contributed by atoms with E-state index in [0.29, 0.717) is 6.42 Å². The summed E-state index contributed by atoms with van der Waals surface area (Å²) in [6.07, 6.45) is -1.45. The molecular formula is C12H32O5Si3. The normalized spacial score (nSPS) is 18.1. The highest BCUT2D eigenvalue weighted by atomic mass is 28.4. The molecule has 122 valence electrons. The van der Waals surface area contributed by atoms with Crippen LogP contribution in [0.25, 0.3) is 0 Å². The molecule has 0 saturated heterocycles. The van der Waals surface area contributed by atoms with Crippen molar-refractivity contribution in [1.29, 1.82) is 0 Å². The number of hydrogen-bond acceptors (Lipinski definition) is 5. The smallest absolute Gasteiger partial charge is 0.306 e. The van der Waals surface area contributed by atoms with Crippen molar-refractivity contribution in [1.82, 2.24) is 0 Å². The Labute approximate surface area is 127 Å². The molecule has 0 bridgehead atoms. The Kier molecular flexibility index (Phi) is 8.36. The molecule has 0 rings (SSSR count). The van der Waals surface area contributed by atoms with Gasteiger partial charge in [0.25, 0.3) is 0 Å². The van der Waals surface area contributed by atoms with E-state index >= 15 is 0 Å². The lowest BCUT2D eigenvalue weighted by Crippen LogP contribution is -2.50. The monoisotopic (exact) mass is 340 g/mol. The van der Waals surface area contributed by atoms with Crippen molar-refractivity contribution in [3.8, 4) is 0 Å². The minimum atomic E-state index is -2.12. The number of hydrogen-bond donors (Lipinski definition) is 3. The molecule has 0 aromatic rings. The van der Waals surface area contributed by atoms with Crippen LogP contribution >= 0.6 is 0 Å². The first-order chi connectivity index (χ1) is 8.91. The second-order valence-electron chi connectivity index (χ2n) is 7.14. The maximum atomic E-state index is 10.2. The largest absolute Gasteiger partial charge is 0.439 e. The van der Waals surface area contributed by atoms with Crippen molar-refractivity contribution in [2.75, 3.05) is 6.61 Å². The summed E-state index contributed by atoms with van der Waals surface area (Å²) >= 11 is 0. The Balaban J connectivity index is 5.13. The van der Waals surface area contributed by atoms with Crippen LogP contribution in [0.1, 0.15) is 13.3 Å². The molecule has 0 aliphatic rings. The van der Waals surface area contributed by atoms with Gasteiger partial charge in [-0.1, -0.05) is 6.92 Å². The van der Waals surface area contributed by atoms with Crippen LogP contribution in [0.3, 0.4) is 0 Å². The summed E-state index contributed by atoms with van der Waals surface area (Å²) in [4.78, 5) is 0. The highest BCUT2D eigenvalue weighted by Gasteiger charge is 2.39. The Morgan fingerprint density at radius 2 is 1.35 bits per heavy atom. The second-order valence-corrected chi connectivity index (χ2v) is 19.1. The van der Waals surface area contributed by atoms with Gasteiger partial charge in [0.1, 0.15) is 6.10 Å². The van der Waals surface area contributed by atoms with Crippen LogP contribution in [-0.2, 0) is 8.23 Å². The molecule has 0 radical (unpaired) electrons. The lowest BCUT2D eigenvalue weighted by atomic mass is 10.1. The molecule has 0 aromatic heterocycles. The Hall–Kier alpha value is 0.451. The van der Waals surface area contributed by atoms with Gasteiger partial charge >= 0.3 is 9.28 Å². The van der Waals surface area contributed by atoms with Gasteiger partial charge in [-0.25, -0.2) is 0 Å². The van der Waals surface area contributed by atoms with Crippen LogP contribution in [0.2, 0.25) is 44.8 Å². The molecule has 20 heavy (non-hydrogen) atoms. The molecule has 0 spiro atoms. The predicted molar refractivity (Wildman–Crippen MR) is 89.2 cm³/mol. The molecule has 5 nitrogen and oxygen atoms in total. The summed E-state index contributed by atoms with van der Waals surface area (Å²) < 4.78 is 12.4. The van der Waals surface area contributed by atoms with Crippen molar-refractivity contribution < 1.29 is 23.5 Å². The highest BCUT2D eigenvalue weighted by molar-refractivity contribution is 6.81. The Bertz CT molecular complexity index is 261. The number of aliphatic hydroxyl groups excluding tert-OH is 3. The lowest BCUT2D eigenvalue weighted by Gasteiger charge is -2.37. The molecule has 0 aliphatic carbocycles. The summed E-state index contributed by atoms with van der Waals surface area (Å²) in [6, 6.07) is 0. The first kappa shape index (κ1) is 20.5. The number of rotatable bonds is 9. The topological polar surface area (TPSA) is 79.2 Å². The Morgan fingerprint density at radius 3 is 1.60 bits per heavy atom. The van der Waals surface area contributed by atoms with Gasteiger partial charge in [-0.05, 0) is 45.7 Å². The van der Waals surface area contributed by atoms with E-state index in [1.807, 2.05) is 6.92 Å². The van der Waals surface area contributed by atoms with Gasteiger partial charge in [0.05, 0.1) is 12.7 Å². The van der Waals surface area contributed by atoms with Gasteiger partial charge in [-0.3, -0.25) is 0 Å². The van der Waals surface area contributed by atoms with Crippen molar-refractivity contribution >= 4 is 25.9 Å². The highest BCUT2D eigenvalue weighted by Crippen LogP contribution is 2.28. The lowest BCUT2D eigenvalue weighted by molar-refractivity contribution is -0.0212. The molecule has 8 heteroatoms. The van der Waals surface area contributed by atoms with Gasteiger partial charge in [-0.15, -0.1) is 0 Å². The standard InChI is InChI=1S/C12H32O5Si3/c1-8-11(12(15)10(14)9-13)18(16-19(2,3)4)17-20(5,6)7/h10-15,18H,8-9H2,1-7H3. The SMILES string of the molecule is CCC(C(O)C(O)CO)[SiH](O[Si](C)(C)C)O[Si](C)(C)C. The third-order valence-corrected chi connectivity index (χ3v) is 11.9.